The van der Waals surface area contributed by atoms with Crippen LogP contribution >= 0.6 is 54.5 Å². The van der Waals surface area contributed by atoms with Gasteiger partial charge < -0.3 is 20.4 Å². The van der Waals surface area contributed by atoms with E-state index in [1.54, 1.807) is 10.8 Å². The summed E-state index contributed by atoms with van der Waals surface area (Å²) in [6.45, 7) is 0. The summed E-state index contributed by atoms with van der Waals surface area (Å²) < 4.78 is 5.71. The van der Waals surface area contributed by atoms with Gasteiger partial charge in [0.15, 0.2) is 10.6 Å². The first-order valence-electron chi connectivity index (χ1n) is 4.42. The van der Waals surface area contributed by atoms with E-state index in [2.05, 4.69) is 36.6 Å². The van der Waals surface area contributed by atoms with Gasteiger partial charge in [-0.3, -0.25) is 0 Å². The van der Waals surface area contributed by atoms with Crippen LogP contribution in [0.5, 0.6) is 11.5 Å². The number of hydrogen-bond acceptors (Lipinski definition) is 7. The van der Waals surface area contributed by atoms with E-state index in [0.717, 1.165) is 15.8 Å². The number of methoxy groups -OCH3 is 1. The van der Waals surface area contributed by atoms with Crippen molar-refractivity contribution in [1.29, 1.82) is 0 Å². The summed E-state index contributed by atoms with van der Waals surface area (Å²) in [4.78, 5) is 11.1. The third kappa shape index (κ3) is 8.44. The van der Waals surface area contributed by atoms with E-state index < -0.39 is 5.97 Å². The van der Waals surface area contributed by atoms with Crippen molar-refractivity contribution in [3.8, 4) is 11.5 Å². The molecule has 0 spiro atoms. The van der Waals surface area contributed by atoms with Crippen LogP contribution < -0.4 is 51.4 Å². The standard InChI is InChI=1S/C6H5BrO3S.C4H3BrOS.CH4.K.H2O/c1-10-6(9)5-4(8)3(7)2-11-5;5-3-1-7-2-4(3)6;;;/h2,8H,1H3;1-2,6H;1H4;;1H2/q;;;+1;/p-1. The van der Waals surface area contributed by atoms with Crippen LogP contribution in [0, 0.1) is 0 Å². The molecule has 0 unspecified atom stereocenters. The molecule has 0 aliphatic rings. The third-order valence-electron chi connectivity index (χ3n) is 1.69. The molecule has 2 rings (SSSR count). The molecule has 0 aliphatic heterocycles. The second-order valence-corrected chi connectivity index (χ2v) is 6.19. The Morgan fingerprint density at radius 3 is 2.00 bits per heavy atom. The zero-order valence-corrected chi connectivity index (χ0v) is 18.4. The molecule has 5 nitrogen and oxygen atoms in total. The Hall–Kier alpha value is 1.03. The molecule has 0 amide bonds. The second-order valence-electron chi connectivity index (χ2n) is 2.86. The monoisotopic (exact) mass is 486 g/mol. The van der Waals surface area contributed by atoms with Gasteiger partial charge in [-0.25, -0.2) is 4.79 Å². The fraction of sp³-hybridized carbons (Fsp3) is 0.182. The summed E-state index contributed by atoms with van der Waals surface area (Å²) in [5, 5.41) is 23.1. The van der Waals surface area contributed by atoms with Crippen LogP contribution in [0.4, 0.5) is 0 Å². The molecule has 0 radical (unpaired) electrons. The molecule has 0 aromatic carbocycles. The fourth-order valence-electron chi connectivity index (χ4n) is 0.843. The first-order valence-corrected chi connectivity index (χ1v) is 7.83. The van der Waals surface area contributed by atoms with Crippen molar-refractivity contribution < 1.29 is 76.6 Å². The van der Waals surface area contributed by atoms with Gasteiger partial charge in [-0.15, -0.1) is 22.7 Å². The largest absolute Gasteiger partial charge is 1.00 e. The molecule has 21 heavy (non-hydrogen) atoms. The van der Waals surface area contributed by atoms with Crippen LogP contribution in [-0.2, 0) is 4.74 Å². The van der Waals surface area contributed by atoms with Crippen LogP contribution in [0.15, 0.2) is 25.1 Å². The van der Waals surface area contributed by atoms with Gasteiger partial charge in [-0.05, 0) is 31.9 Å². The van der Waals surface area contributed by atoms with E-state index >= 15 is 0 Å². The molecule has 2 aromatic rings. The normalized spacial score (nSPS) is 8.14. The van der Waals surface area contributed by atoms with Crippen molar-refractivity contribution in [3.05, 3.63) is 30.0 Å². The zero-order chi connectivity index (χ0) is 13.7. The van der Waals surface area contributed by atoms with Crippen molar-refractivity contribution in [1.82, 2.24) is 0 Å². The summed E-state index contributed by atoms with van der Waals surface area (Å²) in [6, 6.07) is 0. The van der Waals surface area contributed by atoms with Crippen LogP contribution in [-0.4, -0.2) is 28.8 Å². The molecule has 2 aromatic heterocycles. The predicted octanol–water partition coefficient (Wildman–Crippen LogP) is 1.68. The van der Waals surface area contributed by atoms with Crippen molar-refractivity contribution in [2.45, 2.75) is 7.43 Å². The number of rotatable bonds is 1. The Labute approximate surface area is 190 Å². The number of hydrogen-bond donors (Lipinski definition) is 2. The summed E-state index contributed by atoms with van der Waals surface area (Å²) in [7, 11) is 1.27. The first-order chi connectivity index (χ1) is 8.47. The van der Waals surface area contributed by atoms with Crippen LogP contribution in [0.25, 0.3) is 0 Å². The molecule has 0 fully saturated rings. The minimum absolute atomic E-state index is 0. The number of esters is 1. The maximum absolute atomic E-state index is 10.9. The van der Waals surface area contributed by atoms with Crippen molar-refractivity contribution in [3.63, 3.8) is 0 Å². The third-order valence-corrected chi connectivity index (χ3v) is 5.21. The van der Waals surface area contributed by atoms with Crippen LogP contribution in [0.1, 0.15) is 17.1 Å². The summed E-state index contributed by atoms with van der Waals surface area (Å²) in [5.41, 5.74) is 0. The van der Waals surface area contributed by atoms with E-state index in [1.807, 2.05) is 5.38 Å². The molecule has 0 saturated carbocycles. The van der Waals surface area contributed by atoms with Crippen molar-refractivity contribution >= 4 is 60.5 Å². The molecule has 114 valence electrons. The van der Waals surface area contributed by atoms with Crippen LogP contribution in [0.2, 0.25) is 0 Å². The quantitative estimate of drug-likeness (QED) is 0.471. The van der Waals surface area contributed by atoms with E-state index in [9.17, 15) is 9.90 Å². The predicted molar refractivity (Wildman–Crippen MR) is 87.4 cm³/mol. The number of carbonyl (C=O) groups is 1. The minimum atomic E-state index is -0.516. The zero-order valence-electron chi connectivity index (χ0n) is 10.5. The van der Waals surface area contributed by atoms with Gasteiger partial charge in [0, 0.05) is 16.1 Å². The average Bonchev–Trinajstić information content (AvgIpc) is 2.88. The molecule has 0 bridgehead atoms. The van der Waals surface area contributed by atoms with Gasteiger partial charge in [-0.2, -0.15) is 0 Å². The van der Waals surface area contributed by atoms with Gasteiger partial charge in [0.25, 0.3) is 0 Å². The summed E-state index contributed by atoms with van der Waals surface area (Å²) in [6.07, 6.45) is 0. The number of halogens is 2. The second kappa shape index (κ2) is 13.5. The van der Waals surface area contributed by atoms with E-state index in [4.69, 9.17) is 5.11 Å². The number of aromatic hydroxyl groups is 2. The topological polar surface area (TPSA) is 96.8 Å². The Kier molecular flexibility index (Phi) is 17.2. The Morgan fingerprint density at radius 2 is 1.76 bits per heavy atom. The fourth-order valence-corrected chi connectivity index (χ4v) is 3.34. The van der Waals surface area contributed by atoms with Crippen molar-refractivity contribution in [2.75, 3.05) is 7.11 Å². The minimum Gasteiger partial charge on any atom is -0.870 e. The molecule has 2 heterocycles. The van der Waals surface area contributed by atoms with Gasteiger partial charge >= 0.3 is 57.4 Å². The summed E-state index contributed by atoms with van der Waals surface area (Å²) >= 11 is 8.80. The number of ether oxygens (including phenoxy) is 1. The molecular formula is C11H13Br2KO5S2. The molecule has 0 aliphatic carbocycles. The molecular weight excluding hydrogens is 475 g/mol. The van der Waals surface area contributed by atoms with Gasteiger partial charge in [0.1, 0.15) is 5.75 Å². The van der Waals surface area contributed by atoms with Gasteiger partial charge in [0.2, 0.25) is 0 Å². The average molecular weight is 488 g/mol. The van der Waals surface area contributed by atoms with Crippen LogP contribution in [0.3, 0.4) is 0 Å². The maximum Gasteiger partial charge on any atom is 1.00 e. The SMILES string of the molecule is C.COC(=O)c1scc(Br)c1O.Oc1cscc1Br.[K+].[OH-]. The Balaban J connectivity index is -0.000000288. The van der Waals surface area contributed by atoms with Crippen molar-refractivity contribution in [2.24, 2.45) is 0 Å². The van der Waals surface area contributed by atoms with E-state index in [1.165, 1.54) is 18.4 Å². The number of carbonyl (C=O) groups excluding carboxylic acids is 1. The Morgan fingerprint density at radius 1 is 1.19 bits per heavy atom. The number of thiophene rings is 2. The van der Waals surface area contributed by atoms with Gasteiger partial charge in [-0.1, -0.05) is 7.43 Å². The molecule has 0 saturated heterocycles. The van der Waals surface area contributed by atoms with E-state index in [-0.39, 0.29) is 74.9 Å². The molecule has 0 atom stereocenters. The van der Waals surface area contributed by atoms with Gasteiger partial charge in [0.05, 0.1) is 16.1 Å². The Bertz CT molecular complexity index is 528. The molecule has 3 N–H and O–H groups in total. The summed E-state index contributed by atoms with van der Waals surface area (Å²) in [5.74, 6) is -0.245. The maximum atomic E-state index is 10.9. The van der Waals surface area contributed by atoms with E-state index in [0.29, 0.717) is 10.2 Å². The first kappa shape index (κ1) is 26.9. The smallest absolute Gasteiger partial charge is 0.870 e. The molecule has 10 heteroatoms.